The number of nitrogens with two attached hydrogens (primary N) is 1. The first-order chi connectivity index (χ1) is 9.54. The molecule has 110 valence electrons. The Hall–Kier alpha value is -1.79. The molecule has 0 saturated carbocycles. The smallest absolute Gasteiger partial charge is 0.302 e. The van der Waals surface area contributed by atoms with Crippen LogP contribution in [-0.2, 0) is 14.3 Å². The van der Waals surface area contributed by atoms with Crippen molar-refractivity contribution < 1.29 is 24.1 Å². The molecule has 0 bridgehead atoms. The molecular weight excluding hydrogens is 262 g/mol. The average Bonchev–Trinajstić information content (AvgIpc) is 2.42. The summed E-state index contributed by atoms with van der Waals surface area (Å²) in [6.07, 6.45) is -0.581. The highest BCUT2D eigenvalue weighted by Gasteiger charge is 2.31. The van der Waals surface area contributed by atoms with E-state index in [1.165, 1.54) is 6.92 Å². The predicted octanol–water partition coefficient (Wildman–Crippen LogP) is 1.08. The van der Waals surface area contributed by atoms with Gasteiger partial charge in [0, 0.05) is 19.0 Å². The first kappa shape index (κ1) is 14.6. The van der Waals surface area contributed by atoms with Gasteiger partial charge in [-0.05, 0) is 30.7 Å². The van der Waals surface area contributed by atoms with E-state index in [-0.39, 0.29) is 6.61 Å². The van der Waals surface area contributed by atoms with Gasteiger partial charge in [-0.2, -0.15) is 0 Å². The van der Waals surface area contributed by atoms with E-state index in [0.29, 0.717) is 24.3 Å². The number of aliphatic hydroxyl groups excluding tert-OH is 1. The lowest BCUT2D eigenvalue weighted by molar-refractivity contribution is -0.202. The van der Waals surface area contributed by atoms with Crippen LogP contribution in [0.2, 0.25) is 0 Å². The van der Waals surface area contributed by atoms with E-state index in [1.54, 1.807) is 24.3 Å². The summed E-state index contributed by atoms with van der Waals surface area (Å²) in [4.78, 5) is 10.8. The molecule has 0 spiro atoms. The van der Waals surface area contributed by atoms with Gasteiger partial charge in [0.2, 0.25) is 0 Å². The van der Waals surface area contributed by atoms with Crippen molar-refractivity contribution in [2.24, 2.45) is 0 Å². The Morgan fingerprint density at radius 3 is 2.75 bits per heavy atom. The van der Waals surface area contributed by atoms with Crippen molar-refractivity contribution in [2.75, 3.05) is 12.3 Å². The topological polar surface area (TPSA) is 91.0 Å². The normalized spacial score (nSPS) is 26.0. The van der Waals surface area contributed by atoms with E-state index in [4.69, 9.17) is 19.9 Å². The van der Waals surface area contributed by atoms with Gasteiger partial charge in [0.25, 0.3) is 0 Å². The molecule has 1 aromatic rings. The number of esters is 1. The van der Waals surface area contributed by atoms with Crippen LogP contribution >= 0.6 is 0 Å². The minimum Gasteiger partial charge on any atom is -0.465 e. The van der Waals surface area contributed by atoms with Crippen LogP contribution in [0, 0.1) is 0 Å². The van der Waals surface area contributed by atoms with Gasteiger partial charge >= 0.3 is 5.97 Å². The number of hydrogen-bond donors (Lipinski definition) is 2. The lowest BCUT2D eigenvalue weighted by Crippen LogP contribution is -2.44. The molecule has 2 rings (SSSR count). The molecule has 3 atom stereocenters. The van der Waals surface area contributed by atoms with Gasteiger partial charge in [0.05, 0.1) is 6.10 Å². The van der Waals surface area contributed by atoms with Crippen molar-refractivity contribution in [3.8, 4) is 5.75 Å². The maximum atomic E-state index is 10.8. The average molecular weight is 281 g/mol. The maximum absolute atomic E-state index is 10.8. The molecule has 0 radical (unpaired) electrons. The number of carbonyl (C=O) groups is 1. The van der Waals surface area contributed by atoms with Crippen LogP contribution in [0.4, 0.5) is 5.69 Å². The molecule has 1 heterocycles. The van der Waals surface area contributed by atoms with Crippen molar-refractivity contribution in [2.45, 2.75) is 38.3 Å². The minimum absolute atomic E-state index is 0.0259. The summed E-state index contributed by atoms with van der Waals surface area (Å²) in [6.45, 7) is 1.34. The largest absolute Gasteiger partial charge is 0.465 e. The molecule has 1 aliphatic rings. The Morgan fingerprint density at radius 2 is 2.10 bits per heavy atom. The zero-order valence-electron chi connectivity index (χ0n) is 11.3. The Balaban J connectivity index is 1.89. The zero-order valence-corrected chi connectivity index (χ0v) is 11.3. The van der Waals surface area contributed by atoms with E-state index in [2.05, 4.69) is 0 Å². The fraction of sp³-hybridized carbons (Fsp3) is 0.500. The SMILES string of the molecule is CC(=O)OCC1OC(Oc2ccc(N)cc2)CC[C@@H]1O. The highest BCUT2D eigenvalue weighted by atomic mass is 16.7. The van der Waals surface area contributed by atoms with Gasteiger partial charge in [-0.15, -0.1) is 0 Å². The minimum atomic E-state index is -0.652. The van der Waals surface area contributed by atoms with E-state index >= 15 is 0 Å². The molecule has 20 heavy (non-hydrogen) atoms. The first-order valence-electron chi connectivity index (χ1n) is 6.53. The quantitative estimate of drug-likeness (QED) is 0.634. The van der Waals surface area contributed by atoms with Crippen molar-refractivity contribution >= 4 is 11.7 Å². The molecule has 2 unspecified atom stereocenters. The standard InChI is InChI=1S/C14H19NO5/c1-9(16)18-8-13-12(17)6-7-14(20-13)19-11-4-2-10(15)3-5-11/h2-5,12-14,17H,6-8,15H2,1H3/t12-,13?,14?/m0/s1. The molecule has 1 aliphatic heterocycles. The van der Waals surface area contributed by atoms with E-state index in [0.717, 1.165) is 0 Å². The number of anilines is 1. The van der Waals surface area contributed by atoms with Crippen molar-refractivity contribution in [3.63, 3.8) is 0 Å². The van der Waals surface area contributed by atoms with Crippen LogP contribution in [0.15, 0.2) is 24.3 Å². The highest BCUT2D eigenvalue weighted by Crippen LogP contribution is 2.24. The Bertz CT molecular complexity index is 447. The number of rotatable bonds is 4. The molecule has 6 heteroatoms. The molecule has 1 fully saturated rings. The van der Waals surface area contributed by atoms with Crippen LogP contribution in [0.5, 0.6) is 5.75 Å². The number of benzene rings is 1. The molecule has 0 amide bonds. The van der Waals surface area contributed by atoms with Gasteiger partial charge < -0.3 is 25.1 Å². The second kappa shape index (κ2) is 6.58. The summed E-state index contributed by atoms with van der Waals surface area (Å²) in [5, 5.41) is 9.81. The third-order valence-electron chi connectivity index (χ3n) is 3.05. The van der Waals surface area contributed by atoms with Gasteiger partial charge in [-0.1, -0.05) is 0 Å². The van der Waals surface area contributed by atoms with Crippen LogP contribution in [-0.4, -0.2) is 36.2 Å². The summed E-state index contributed by atoms with van der Waals surface area (Å²) in [7, 11) is 0. The first-order valence-corrected chi connectivity index (χ1v) is 6.53. The molecule has 1 aromatic carbocycles. The third kappa shape index (κ3) is 4.11. The molecule has 0 aromatic heterocycles. The van der Waals surface area contributed by atoms with Gasteiger partial charge in [-0.25, -0.2) is 0 Å². The third-order valence-corrected chi connectivity index (χ3v) is 3.05. The summed E-state index contributed by atoms with van der Waals surface area (Å²) >= 11 is 0. The molecule has 1 saturated heterocycles. The Kier molecular flexibility index (Phi) is 4.81. The summed E-state index contributed by atoms with van der Waals surface area (Å²) in [6, 6.07) is 6.99. The molecular formula is C14H19NO5. The Morgan fingerprint density at radius 1 is 1.40 bits per heavy atom. The fourth-order valence-corrected chi connectivity index (χ4v) is 1.98. The fourth-order valence-electron chi connectivity index (χ4n) is 1.98. The van der Waals surface area contributed by atoms with E-state index in [9.17, 15) is 9.90 Å². The van der Waals surface area contributed by atoms with E-state index < -0.39 is 24.5 Å². The predicted molar refractivity (Wildman–Crippen MR) is 72.0 cm³/mol. The maximum Gasteiger partial charge on any atom is 0.302 e. The van der Waals surface area contributed by atoms with Gasteiger partial charge in [-0.3, -0.25) is 4.79 Å². The monoisotopic (exact) mass is 281 g/mol. The summed E-state index contributed by atoms with van der Waals surface area (Å²) < 4.78 is 16.1. The number of ether oxygens (including phenoxy) is 3. The van der Waals surface area contributed by atoms with Crippen molar-refractivity contribution in [3.05, 3.63) is 24.3 Å². The summed E-state index contributed by atoms with van der Waals surface area (Å²) in [5.74, 6) is 0.245. The second-order valence-corrected chi connectivity index (χ2v) is 4.74. The number of hydrogen-bond acceptors (Lipinski definition) is 6. The van der Waals surface area contributed by atoms with Crippen molar-refractivity contribution in [1.29, 1.82) is 0 Å². The molecule has 3 N–H and O–H groups in total. The van der Waals surface area contributed by atoms with Crippen LogP contribution in [0.25, 0.3) is 0 Å². The van der Waals surface area contributed by atoms with E-state index in [1.807, 2.05) is 0 Å². The van der Waals surface area contributed by atoms with Gasteiger partial charge in [0.1, 0.15) is 18.5 Å². The molecule has 6 nitrogen and oxygen atoms in total. The highest BCUT2D eigenvalue weighted by molar-refractivity contribution is 5.65. The number of carbonyl (C=O) groups excluding carboxylic acids is 1. The summed E-state index contributed by atoms with van der Waals surface area (Å²) in [5.41, 5.74) is 6.26. The lowest BCUT2D eigenvalue weighted by Gasteiger charge is -2.33. The van der Waals surface area contributed by atoms with Crippen molar-refractivity contribution in [1.82, 2.24) is 0 Å². The Labute approximate surface area is 117 Å². The number of nitrogen functional groups attached to an aromatic ring is 1. The van der Waals surface area contributed by atoms with Gasteiger partial charge in [0.15, 0.2) is 6.29 Å². The zero-order chi connectivity index (χ0) is 14.5. The van der Waals surface area contributed by atoms with Crippen LogP contribution in [0.1, 0.15) is 19.8 Å². The van der Waals surface area contributed by atoms with Crippen LogP contribution < -0.4 is 10.5 Å². The lowest BCUT2D eigenvalue weighted by atomic mass is 10.1. The molecule has 0 aliphatic carbocycles. The number of aliphatic hydroxyl groups is 1. The second-order valence-electron chi connectivity index (χ2n) is 4.74. The van der Waals surface area contributed by atoms with Crippen LogP contribution in [0.3, 0.4) is 0 Å².